The van der Waals surface area contributed by atoms with E-state index in [1.165, 1.54) is 11.3 Å². The fraction of sp³-hybridized carbons (Fsp3) is 0.238. The third-order valence-corrected chi connectivity index (χ3v) is 6.23. The van der Waals surface area contributed by atoms with Gasteiger partial charge < -0.3 is 8.98 Å². The highest BCUT2D eigenvalue weighted by molar-refractivity contribution is 6.79. The Labute approximate surface area is 145 Å². The molecule has 0 bridgehead atoms. The number of para-hydroxylation sites is 1. The first-order chi connectivity index (χ1) is 11.6. The van der Waals surface area contributed by atoms with Gasteiger partial charge in [-0.1, -0.05) is 68.2 Å². The molecule has 1 unspecified atom stereocenters. The molecule has 1 heterocycles. The van der Waals surface area contributed by atoms with Crippen LogP contribution in [-0.4, -0.2) is 8.24 Å². The second-order valence-electron chi connectivity index (χ2n) is 7.10. The van der Waals surface area contributed by atoms with E-state index in [0.717, 1.165) is 12.2 Å². The van der Waals surface area contributed by atoms with Crippen molar-refractivity contribution in [1.82, 2.24) is 0 Å². The highest BCUT2D eigenvalue weighted by Crippen LogP contribution is 2.35. The molecule has 3 heteroatoms. The fourth-order valence-corrected chi connectivity index (χ4v) is 5.34. The van der Waals surface area contributed by atoms with Crippen LogP contribution in [0.4, 0.5) is 5.69 Å². The van der Waals surface area contributed by atoms with Crippen LogP contribution in [0, 0.1) is 0 Å². The lowest BCUT2D eigenvalue weighted by Gasteiger charge is -2.42. The van der Waals surface area contributed by atoms with Gasteiger partial charge in [-0.3, -0.25) is 0 Å². The SMILES string of the molecule is C[Si](C)(C)N(c1ccccc1)C(Cc1ccccc1)c1ccco1. The lowest BCUT2D eigenvalue weighted by molar-refractivity contribution is 0.464. The smallest absolute Gasteiger partial charge is 0.148 e. The molecule has 0 saturated carbocycles. The molecule has 0 fully saturated rings. The van der Waals surface area contributed by atoms with Crippen molar-refractivity contribution < 1.29 is 4.42 Å². The summed E-state index contributed by atoms with van der Waals surface area (Å²) in [5, 5.41) is 0. The summed E-state index contributed by atoms with van der Waals surface area (Å²) in [4.78, 5) is 0. The number of nitrogens with zero attached hydrogens (tertiary/aromatic N) is 1. The van der Waals surface area contributed by atoms with Crippen molar-refractivity contribution in [2.75, 3.05) is 4.57 Å². The number of anilines is 1. The largest absolute Gasteiger partial charge is 0.467 e. The molecule has 0 N–H and O–H groups in total. The highest BCUT2D eigenvalue weighted by Gasteiger charge is 2.33. The van der Waals surface area contributed by atoms with E-state index in [9.17, 15) is 0 Å². The Balaban J connectivity index is 2.04. The van der Waals surface area contributed by atoms with Gasteiger partial charge in [-0.15, -0.1) is 0 Å². The topological polar surface area (TPSA) is 16.4 Å². The molecule has 0 aliphatic carbocycles. The zero-order chi connectivity index (χ0) is 17.0. The first-order valence-corrected chi connectivity index (χ1v) is 11.9. The lowest BCUT2D eigenvalue weighted by atomic mass is 10.0. The van der Waals surface area contributed by atoms with Crippen LogP contribution in [-0.2, 0) is 6.42 Å². The monoisotopic (exact) mass is 335 g/mol. The van der Waals surface area contributed by atoms with Crippen LogP contribution in [0.25, 0.3) is 0 Å². The molecule has 1 atom stereocenters. The summed E-state index contributed by atoms with van der Waals surface area (Å²) < 4.78 is 8.44. The van der Waals surface area contributed by atoms with Gasteiger partial charge in [0.15, 0.2) is 0 Å². The van der Waals surface area contributed by atoms with Gasteiger partial charge in [-0.2, -0.15) is 0 Å². The first-order valence-electron chi connectivity index (χ1n) is 8.47. The molecule has 124 valence electrons. The van der Waals surface area contributed by atoms with E-state index in [0.29, 0.717) is 0 Å². The molecule has 2 aromatic carbocycles. The predicted molar refractivity (Wildman–Crippen MR) is 104 cm³/mol. The minimum atomic E-state index is -1.63. The molecule has 2 nitrogen and oxygen atoms in total. The number of furan rings is 1. The fourth-order valence-electron chi connectivity index (χ4n) is 3.26. The van der Waals surface area contributed by atoms with E-state index in [2.05, 4.69) is 90.9 Å². The first kappa shape index (κ1) is 16.6. The summed E-state index contributed by atoms with van der Waals surface area (Å²) in [5.41, 5.74) is 2.60. The van der Waals surface area contributed by atoms with Crippen molar-refractivity contribution in [2.24, 2.45) is 0 Å². The summed E-state index contributed by atoms with van der Waals surface area (Å²) in [5.74, 6) is 1.03. The molecule has 0 aliphatic heterocycles. The molecule has 3 rings (SSSR count). The Bertz CT molecular complexity index is 733. The normalized spacial score (nSPS) is 12.8. The summed E-state index contributed by atoms with van der Waals surface area (Å²) >= 11 is 0. The molecular weight excluding hydrogens is 310 g/mol. The third kappa shape index (κ3) is 3.79. The van der Waals surface area contributed by atoms with Crippen molar-refractivity contribution in [3.63, 3.8) is 0 Å². The predicted octanol–water partition coefficient (Wildman–Crippen LogP) is 5.90. The number of hydrogen-bond donors (Lipinski definition) is 0. The average Bonchev–Trinajstić information content (AvgIpc) is 3.09. The van der Waals surface area contributed by atoms with Gasteiger partial charge >= 0.3 is 0 Å². The zero-order valence-electron chi connectivity index (χ0n) is 14.6. The summed E-state index contributed by atoms with van der Waals surface area (Å²) in [6, 6.07) is 25.7. The van der Waals surface area contributed by atoms with Gasteiger partial charge in [0.2, 0.25) is 0 Å². The van der Waals surface area contributed by atoms with Gasteiger partial charge in [-0.05, 0) is 36.2 Å². The van der Waals surface area contributed by atoms with Gasteiger partial charge in [0.25, 0.3) is 0 Å². The molecule has 0 spiro atoms. The Kier molecular flexibility index (Phi) is 4.91. The van der Waals surface area contributed by atoms with Crippen LogP contribution in [0.1, 0.15) is 17.4 Å². The second kappa shape index (κ2) is 7.10. The van der Waals surface area contributed by atoms with E-state index in [-0.39, 0.29) is 6.04 Å². The van der Waals surface area contributed by atoms with Crippen molar-refractivity contribution in [3.8, 4) is 0 Å². The van der Waals surface area contributed by atoms with Crippen molar-refractivity contribution in [2.45, 2.75) is 32.1 Å². The average molecular weight is 336 g/mol. The van der Waals surface area contributed by atoms with Crippen LogP contribution < -0.4 is 4.57 Å². The van der Waals surface area contributed by atoms with Gasteiger partial charge in [0.1, 0.15) is 14.0 Å². The molecule has 1 aromatic heterocycles. The summed E-state index contributed by atoms with van der Waals surface area (Å²) in [6.07, 6.45) is 2.72. The van der Waals surface area contributed by atoms with E-state index in [4.69, 9.17) is 4.42 Å². The quantitative estimate of drug-likeness (QED) is 0.521. The molecule has 0 radical (unpaired) electrons. The molecule has 0 aliphatic rings. The molecular formula is C21H25NOSi. The highest BCUT2D eigenvalue weighted by atomic mass is 28.3. The van der Waals surface area contributed by atoms with Crippen LogP contribution in [0.15, 0.2) is 83.5 Å². The maximum absolute atomic E-state index is 5.85. The molecule has 3 aromatic rings. The standard InChI is InChI=1S/C21H25NOSi/c1-24(2,3)22(19-13-8-5-9-14-19)20(21-15-10-16-23-21)17-18-11-6-4-7-12-18/h4-16,20H,17H2,1-3H3. The minimum absolute atomic E-state index is 0.205. The van der Waals surface area contributed by atoms with Crippen LogP contribution in [0.3, 0.4) is 0 Å². The summed E-state index contributed by atoms with van der Waals surface area (Å²) in [7, 11) is -1.63. The van der Waals surface area contributed by atoms with Crippen molar-refractivity contribution >= 4 is 13.9 Å². The lowest BCUT2D eigenvalue weighted by Crippen LogP contribution is -2.49. The van der Waals surface area contributed by atoms with E-state index in [1.54, 1.807) is 6.26 Å². The Morgan fingerprint density at radius 1 is 0.833 bits per heavy atom. The van der Waals surface area contributed by atoms with Crippen LogP contribution in [0.2, 0.25) is 19.6 Å². The Morgan fingerprint density at radius 2 is 1.46 bits per heavy atom. The Morgan fingerprint density at radius 3 is 2.00 bits per heavy atom. The molecule has 24 heavy (non-hydrogen) atoms. The zero-order valence-corrected chi connectivity index (χ0v) is 15.6. The van der Waals surface area contributed by atoms with Crippen molar-refractivity contribution in [3.05, 3.63) is 90.4 Å². The maximum Gasteiger partial charge on any atom is 0.148 e. The van der Waals surface area contributed by atoms with Gasteiger partial charge in [-0.25, -0.2) is 0 Å². The Hall–Kier alpha value is -2.26. The van der Waals surface area contributed by atoms with Crippen LogP contribution >= 0.6 is 0 Å². The number of benzene rings is 2. The second-order valence-corrected chi connectivity index (χ2v) is 11.9. The minimum Gasteiger partial charge on any atom is -0.467 e. The van der Waals surface area contributed by atoms with Crippen LogP contribution in [0.5, 0.6) is 0 Å². The van der Waals surface area contributed by atoms with Gasteiger partial charge in [0.05, 0.1) is 12.3 Å². The number of hydrogen-bond acceptors (Lipinski definition) is 2. The summed E-state index contributed by atoms with van der Waals surface area (Å²) in [6.45, 7) is 7.17. The van der Waals surface area contributed by atoms with E-state index in [1.807, 2.05) is 6.07 Å². The maximum atomic E-state index is 5.85. The van der Waals surface area contributed by atoms with Gasteiger partial charge in [0, 0.05) is 5.69 Å². The van der Waals surface area contributed by atoms with E-state index >= 15 is 0 Å². The third-order valence-electron chi connectivity index (χ3n) is 4.21. The number of rotatable bonds is 6. The molecule has 0 amide bonds. The van der Waals surface area contributed by atoms with E-state index < -0.39 is 8.24 Å². The molecule has 0 saturated heterocycles. The van der Waals surface area contributed by atoms with Crippen molar-refractivity contribution in [1.29, 1.82) is 0 Å².